The largest absolute Gasteiger partial charge is 0.493 e. The van der Waals surface area contributed by atoms with Crippen LogP contribution in [0.5, 0.6) is 23.1 Å². The minimum atomic E-state index is -0.288. The number of carbonyl (C=O) groups excluding carboxylic acids is 1. The zero-order valence-corrected chi connectivity index (χ0v) is 31.2. The molecule has 1 aliphatic rings. The van der Waals surface area contributed by atoms with Gasteiger partial charge in [0.2, 0.25) is 11.8 Å². The maximum absolute atomic E-state index is 13.1. The van der Waals surface area contributed by atoms with E-state index in [2.05, 4.69) is 60.1 Å². The van der Waals surface area contributed by atoms with Gasteiger partial charge >= 0.3 is 0 Å². The molecule has 1 amide bonds. The van der Waals surface area contributed by atoms with Gasteiger partial charge in [-0.3, -0.25) is 9.69 Å². The van der Waals surface area contributed by atoms with E-state index in [9.17, 15) is 9.18 Å². The van der Waals surface area contributed by atoms with E-state index in [0.29, 0.717) is 54.6 Å². The van der Waals surface area contributed by atoms with Gasteiger partial charge in [0.05, 0.1) is 17.8 Å². The van der Waals surface area contributed by atoms with E-state index in [4.69, 9.17) is 25.8 Å². The number of amides is 1. The number of hydrogen-bond donors (Lipinski definition) is 0. The Kier molecular flexibility index (Phi) is 12.8. The van der Waals surface area contributed by atoms with E-state index in [0.717, 1.165) is 48.5 Å². The molecule has 0 unspecified atom stereocenters. The van der Waals surface area contributed by atoms with Crippen LogP contribution in [0.25, 0.3) is 6.08 Å². The van der Waals surface area contributed by atoms with Crippen molar-refractivity contribution in [3.63, 3.8) is 0 Å². The Morgan fingerprint density at radius 1 is 0.849 bits per heavy atom. The Morgan fingerprint density at radius 2 is 1.53 bits per heavy atom. The summed E-state index contributed by atoms with van der Waals surface area (Å²) in [6, 6.07) is 30.4. The Balaban J connectivity index is 0.922. The first-order chi connectivity index (χ1) is 25.7. The number of rotatable bonds is 14. The number of aromatic nitrogens is 1. The van der Waals surface area contributed by atoms with E-state index in [1.54, 1.807) is 48.7 Å². The van der Waals surface area contributed by atoms with Gasteiger partial charge in [-0.05, 0) is 94.8 Å². The van der Waals surface area contributed by atoms with Crippen LogP contribution in [0, 0.1) is 12.7 Å². The first-order valence-electron chi connectivity index (χ1n) is 18.0. The minimum absolute atomic E-state index is 0.0212. The quantitative estimate of drug-likeness (QED) is 0.106. The third kappa shape index (κ3) is 10.9. The molecule has 0 saturated carbocycles. The first kappa shape index (κ1) is 37.6. The molecule has 5 aromatic rings. The molecule has 7 nitrogen and oxygen atoms in total. The molecule has 0 atom stereocenters. The van der Waals surface area contributed by atoms with Crippen molar-refractivity contribution in [1.82, 2.24) is 14.8 Å². The maximum atomic E-state index is 13.1. The van der Waals surface area contributed by atoms with E-state index in [1.165, 1.54) is 28.8 Å². The summed E-state index contributed by atoms with van der Waals surface area (Å²) >= 11 is 6.61. The number of piperazine rings is 1. The van der Waals surface area contributed by atoms with Gasteiger partial charge in [0.15, 0.2) is 5.75 Å². The number of aryl methyl sites for hydroxylation is 1. The average Bonchev–Trinajstić information content (AvgIpc) is 3.17. The predicted octanol–water partition coefficient (Wildman–Crippen LogP) is 9.66. The molecule has 1 aliphatic heterocycles. The van der Waals surface area contributed by atoms with Gasteiger partial charge in [-0.25, -0.2) is 9.37 Å². The van der Waals surface area contributed by atoms with Crippen molar-refractivity contribution in [2.24, 2.45) is 0 Å². The normalized spacial score (nSPS) is 13.4. The van der Waals surface area contributed by atoms with Gasteiger partial charge in [-0.15, -0.1) is 0 Å². The standard InChI is InChI=1S/C44H45ClFN3O4/c1-31(2)37-11-15-39(16-12-37)51-25-20-33-4-6-34(7-5-33)29-48-21-23-49(24-22-48)43(50)19-10-36-26-32(3)44(41(45)27-36)53-42-18-17-40(28-47-42)52-30-35-8-13-38(46)14-9-35/h4-19,26-28,31H,20-25,29-30H2,1-3H3. The summed E-state index contributed by atoms with van der Waals surface area (Å²) in [4.78, 5) is 21.7. The lowest BCUT2D eigenvalue weighted by Crippen LogP contribution is -2.47. The number of pyridine rings is 1. The number of hydrogen-bond acceptors (Lipinski definition) is 6. The third-order valence-electron chi connectivity index (χ3n) is 9.22. The van der Waals surface area contributed by atoms with E-state index < -0.39 is 0 Å². The van der Waals surface area contributed by atoms with Crippen LogP contribution < -0.4 is 14.2 Å². The minimum Gasteiger partial charge on any atom is -0.493 e. The van der Waals surface area contributed by atoms with Gasteiger partial charge in [0.1, 0.15) is 23.9 Å². The number of ether oxygens (including phenoxy) is 3. The topological polar surface area (TPSA) is 64.1 Å². The summed E-state index contributed by atoms with van der Waals surface area (Å²) in [6.45, 7) is 11.1. The monoisotopic (exact) mass is 733 g/mol. The molecule has 0 radical (unpaired) electrons. The fraction of sp³-hybridized carbons (Fsp3) is 0.273. The molecule has 53 heavy (non-hydrogen) atoms. The molecular weight excluding hydrogens is 689 g/mol. The molecule has 0 bridgehead atoms. The lowest BCUT2D eigenvalue weighted by atomic mass is 10.0. The Hall–Kier alpha value is -5.18. The van der Waals surface area contributed by atoms with Crippen molar-refractivity contribution in [2.75, 3.05) is 32.8 Å². The second-order valence-electron chi connectivity index (χ2n) is 13.6. The molecule has 1 fully saturated rings. The lowest BCUT2D eigenvalue weighted by Gasteiger charge is -2.34. The van der Waals surface area contributed by atoms with E-state index in [-0.39, 0.29) is 11.7 Å². The zero-order chi connectivity index (χ0) is 37.2. The van der Waals surface area contributed by atoms with Crippen molar-refractivity contribution >= 4 is 23.6 Å². The van der Waals surface area contributed by atoms with Crippen LogP contribution in [-0.2, 0) is 24.4 Å². The Labute approximate surface area is 316 Å². The molecule has 9 heteroatoms. The highest BCUT2D eigenvalue weighted by Gasteiger charge is 2.20. The predicted molar refractivity (Wildman–Crippen MR) is 208 cm³/mol. The van der Waals surface area contributed by atoms with Gasteiger partial charge in [0, 0.05) is 51.3 Å². The van der Waals surface area contributed by atoms with Crippen LogP contribution in [0.2, 0.25) is 5.02 Å². The van der Waals surface area contributed by atoms with E-state index >= 15 is 0 Å². The van der Waals surface area contributed by atoms with Crippen molar-refractivity contribution in [2.45, 2.75) is 46.3 Å². The molecule has 0 spiro atoms. The molecule has 0 aliphatic carbocycles. The molecular formula is C44H45ClFN3O4. The second kappa shape index (κ2) is 18.0. The first-order valence-corrected chi connectivity index (χ1v) is 18.4. The summed E-state index contributed by atoms with van der Waals surface area (Å²) in [5.74, 6) is 2.53. The second-order valence-corrected chi connectivity index (χ2v) is 14.0. The highest BCUT2D eigenvalue weighted by molar-refractivity contribution is 6.32. The van der Waals surface area contributed by atoms with Crippen LogP contribution in [0.1, 0.15) is 53.1 Å². The molecule has 2 heterocycles. The molecule has 0 N–H and O–H groups in total. The molecule has 1 saturated heterocycles. The summed E-state index contributed by atoms with van der Waals surface area (Å²) in [6.07, 6.45) is 5.82. The van der Waals surface area contributed by atoms with Gasteiger partial charge in [-0.1, -0.05) is 74.0 Å². The van der Waals surface area contributed by atoms with Crippen LogP contribution in [-0.4, -0.2) is 53.5 Å². The van der Waals surface area contributed by atoms with Crippen LogP contribution in [0.3, 0.4) is 0 Å². The Bertz CT molecular complexity index is 1950. The van der Waals surface area contributed by atoms with Gasteiger partial charge in [0.25, 0.3) is 0 Å². The average molecular weight is 734 g/mol. The van der Waals surface area contributed by atoms with Gasteiger partial charge in [-0.2, -0.15) is 0 Å². The summed E-state index contributed by atoms with van der Waals surface area (Å²) in [5.41, 5.74) is 6.30. The van der Waals surface area contributed by atoms with Crippen LogP contribution in [0.4, 0.5) is 4.39 Å². The van der Waals surface area contributed by atoms with Crippen molar-refractivity contribution < 1.29 is 23.4 Å². The number of nitrogens with zero attached hydrogens (tertiary/aromatic N) is 3. The number of benzene rings is 4. The highest BCUT2D eigenvalue weighted by Crippen LogP contribution is 2.34. The summed E-state index contributed by atoms with van der Waals surface area (Å²) in [7, 11) is 0. The number of carbonyl (C=O) groups is 1. The van der Waals surface area contributed by atoms with E-state index in [1.807, 2.05) is 30.0 Å². The molecule has 4 aromatic carbocycles. The fourth-order valence-electron chi connectivity index (χ4n) is 6.05. The SMILES string of the molecule is Cc1cc(C=CC(=O)N2CCN(Cc3ccc(CCOc4ccc(C(C)C)cc4)cc3)CC2)cc(Cl)c1Oc1ccc(OCc2ccc(F)cc2)cn1. The van der Waals surface area contributed by atoms with Crippen molar-refractivity contribution in [3.8, 4) is 23.1 Å². The molecule has 274 valence electrons. The van der Waals surface area contributed by atoms with Crippen molar-refractivity contribution in [1.29, 1.82) is 0 Å². The fourth-order valence-corrected chi connectivity index (χ4v) is 6.37. The Morgan fingerprint density at radius 3 is 2.19 bits per heavy atom. The van der Waals surface area contributed by atoms with Crippen LogP contribution in [0.15, 0.2) is 109 Å². The maximum Gasteiger partial charge on any atom is 0.246 e. The van der Waals surface area contributed by atoms with Crippen LogP contribution >= 0.6 is 11.6 Å². The highest BCUT2D eigenvalue weighted by atomic mass is 35.5. The zero-order valence-electron chi connectivity index (χ0n) is 30.4. The summed E-state index contributed by atoms with van der Waals surface area (Å²) < 4.78 is 30.8. The van der Waals surface area contributed by atoms with Crippen molar-refractivity contribution in [3.05, 3.63) is 154 Å². The number of halogens is 2. The lowest BCUT2D eigenvalue weighted by molar-refractivity contribution is -0.127. The molecule has 6 rings (SSSR count). The third-order valence-corrected chi connectivity index (χ3v) is 9.50. The summed E-state index contributed by atoms with van der Waals surface area (Å²) in [5, 5.41) is 0.415. The van der Waals surface area contributed by atoms with Gasteiger partial charge < -0.3 is 19.1 Å². The molecule has 1 aromatic heterocycles. The smallest absolute Gasteiger partial charge is 0.246 e.